The highest BCUT2D eigenvalue weighted by Gasteiger charge is 2.25. The van der Waals surface area contributed by atoms with Crippen molar-refractivity contribution >= 4 is 40.7 Å². The maximum absolute atomic E-state index is 13.6. The summed E-state index contributed by atoms with van der Waals surface area (Å²) in [6.45, 7) is -0.671. The molecule has 0 amide bonds. The molecule has 0 bridgehead atoms. The summed E-state index contributed by atoms with van der Waals surface area (Å²) in [6, 6.07) is 22.2. The van der Waals surface area contributed by atoms with Crippen LogP contribution in [0.15, 0.2) is 92.9 Å². The molecular formula is C28H24N6O5S2. The molecule has 0 aliphatic carbocycles. The molecule has 2 N–H and O–H groups in total. The SMILES string of the molecule is COC(=O)Cn1c(=O)c(C(=O)CSc2nnc(-c3cccs3)n2-c2ccccc2)c(N)n(Cc2ccccc2)c1=O. The van der Waals surface area contributed by atoms with Crippen LogP contribution >= 0.6 is 23.1 Å². The number of nitrogen functional groups attached to an aromatic ring is 1. The highest BCUT2D eigenvalue weighted by atomic mass is 32.2. The van der Waals surface area contributed by atoms with Gasteiger partial charge in [-0.2, -0.15) is 0 Å². The average molecular weight is 589 g/mol. The van der Waals surface area contributed by atoms with Gasteiger partial charge in [-0.05, 0) is 29.1 Å². The predicted octanol–water partition coefficient (Wildman–Crippen LogP) is 3.10. The largest absolute Gasteiger partial charge is 0.468 e. The number of thiophene rings is 1. The molecule has 208 valence electrons. The van der Waals surface area contributed by atoms with Gasteiger partial charge >= 0.3 is 11.7 Å². The molecule has 0 aliphatic rings. The van der Waals surface area contributed by atoms with E-state index in [9.17, 15) is 19.2 Å². The maximum Gasteiger partial charge on any atom is 0.333 e. The van der Waals surface area contributed by atoms with Gasteiger partial charge in [-0.25, -0.2) is 9.36 Å². The number of hydrogen-bond donors (Lipinski definition) is 1. The molecule has 0 spiro atoms. The number of aromatic nitrogens is 5. The molecule has 2 aromatic carbocycles. The molecule has 0 fully saturated rings. The van der Waals surface area contributed by atoms with E-state index in [1.54, 1.807) is 24.3 Å². The summed E-state index contributed by atoms with van der Waals surface area (Å²) in [4.78, 5) is 53.1. The van der Waals surface area contributed by atoms with Crippen LogP contribution in [0, 0.1) is 0 Å². The lowest BCUT2D eigenvalue weighted by atomic mass is 10.2. The van der Waals surface area contributed by atoms with Gasteiger partial charge in [0.1, 0.15) is 17.9 Å². The van der Waals surface area contributed by atoms with Crippen LogP contribution in [0.2, 0.25) is 0 Å². The fourth-order valence-corrected chi connectivity index (χ4v) is 5.69. The number of nitrogens with zero attached hydrogens (tertiary/aromatic N) is 5. The van der Waals surface area contributed by atoms with Gasteiger partial charge in [0.15, 0.2) is 16.8 Å². The van der Waals surface area contributed by atoms with E-state index < -0.39 is 29.5 Å². The number of methoxy groups -OCH3 is 1. The Morgan fingerprint density at radius 1 is 0.951 bits per heavy atom. The third-order valence-electron chi connectivity index (χ3n) is 6.17. The first kappa shape index (κ1) is 27.8. The number of carbonyl (C=O) groups is 2. The fraction of sp³-hybridized carbons (Fsp3) is 0.143. The first-order chi connectivity index (χ1) is 19.9. The average Bonchev–Trinajstić information content (AvgIpc) is 3.68. The van der Waals surface area contributed by atoms with Crippen LogP contribution in [0.1, 0.15) is 15.9 Å². The van der Waals surface area contributed by atoms with E-state index in [0.29, 0.717) is 15.5 Å². The molecular weight excluding hydrogens is 564 g/mol. The minimum absolute atomic E-state index is 0.00705. The van der Waals surface area contributed by atoms with E-state index in [2.05, 4.69) is 14.9 Å². The number of hydrogen-bond acceptors (Lipinski definition) is 10. The lowest BCUT2D eigenvalue weighted by Gasteiger charge is -2.16. The molecule has 0 atom stereocenters. The summed E-state index contributed by atoms with van der Waals surface area (Å²) in [6.07, 6.45) is 0. The van der Waals surface area contributed by atoms with Gasteiger partial charge in [0.25, 0.3) is 5.56 Å². The van der Waals surface area contributed by atoms with Crippen LogP contribution in [-0.4, -0.2) is 48.5 Å². The Bertz CT molecular complexity index is 1810. The molecule has 13 heteroatoms. The van der Waals surface area contributed by atoms with E-state index >= 15 is 0 Å². The van der Waals surface area contributed by atoms with Crippen molar-refractivity contribution in [1.29, 1.82) is 0 Å². The van der Waals surface area contributed by atoms with E-state index in [0.717, 1.165) is 39.6 Å². The normalized spacial score (nSPS) is 11.0. The Kier molecular flexibility index (Phi) is 8.26. The minimum atomic E-state index is -0.961. The quantitative estimate of drug-likeness (QED) is 0.148. The molecule has 0 saturated heterocycles. The van der Waals surface area contributed by atoms with Crippen molar-refractivity contribution in [2.45, 2.75) is 18.2 Å². The van der Waals surface area contributed by atoms with Crippen molar-refractivity contribution in [3.63, 3.8) is 0 Å². The standard InChI is InChI=1S/C28H24N6O5S2/c1-39-22(36)16-33-26(37)23(24(29)32(28(33)38)15-18-9-4-2-5-10-18)20(35)17-41-27-31-30-25(21-13-8-14-40-21)34(27)19-11-6-3-7-12-19/h2-14H,15-17,29H2,1H3. The van der Waals surface area contributed by atoms with Crippen molar-refractivity contribution in [3.05, 3.63) is 110 Å². The van der Waals surface area contributed by atoms with Crippen LogP contribution < -0.4 is 17.0 Å². The monoisotopic (exact) mass is 588 g/mol. The molecule has 5 rings (SSSR count). The van der Waals surface area contributed by atoms with Crippen LogP contribution in [0.5, 0.6) is 0 Å². The summed E-state index contributed by atoms with van der Waals surface area (Å²) in [5.41, 5.74) is 5.64. The van der Waals surface area contributed by atoms with E-state index in [-0.39, 0.29) is 23.7 Å². The summed E-state index contributed by atoms with van der Waals surface area (Å²) >= 11 is 2.59. The Morgan fingerprint density at radius 3 is 2.32 bits per heavy atom. The number of ether oxygens (including phenoxy) is 1. The van der Waals surface area contributed by atoms with Crippen LogP contribution in [0.4, 0.5) is 5.82 Å². The topological polar surface area (TPSA) is 144 Å². The smallest absolute Gasteiger partial charge is 0.333 e. The van der Waals surface area contributed by atoms with Crippen molar-refractivity contribution in [1.82, 2.24) is 23.9 Å². The molecule has 11 nitrogen and oxygen atoms in total. The van der Waals surface area contributed by atoms with Crippen molar-refractivity contribution in [3.8, 4) is 16.4 Å². The minimum Gasteiger partial charge on any atom is -0.468 e. The number of para-hydroxylation sites is 1. The van der Waals surface area contributed by atoms with Crippen LogP contribution in [-0.2, 0) is 22.6 Å². The molecule has 3 aromatic heterocycles. The number of carbonyl (C=O) groups excluding carboxylic acids is 2. The molecule has 0 unspecified atom stereocenters. The number of rotatable bonds is 10. The number of esters is 1. The first-order valence-electron chi connectivity index (χ1n) is 12.3. The van der Waals surface area contributed by atoms with Crippen LogP contribution in [0.25, 0.3) is 16.4 Å². The number of ketones is 1. The number of thioether (sulfide) groups is 1. The number of nitrogens with two attached hydrogens (primary N) is 1. The summed E-state index contributed by atoms with van der Waals surface area (Å²) < 4.78 is 8.28. The lowest BCUT2D eigenvalue weighted by Crippen LogP contribution is -2.45. The summed E-state index contributed by atoms with van der Waals surface area (Å²) in [5, 5.41) is 11.0. The zero-order chi connectivity index (χ0) is 28.9. The number of anilines is 1. The van der Waals surface area contributed by atoms with E-state index in [1.807, 2.05) is 58.5 Å². The van der Waals surface area contributed by atoms with E-state index in [4.69, 9.17) is 5.73 Å². The molecule has 0 saturated carbocycles. The van der Waals surface area contributed by atoms with Crippen molar-refractivity contribution in [2.24, 2.45) is 0 Å². The second-order valence-electron chi connectivity index (χ2n) is 8.75. The maximum atomic E-state index is 13.6. The van der Waals surface area contributed by atoms with Gasteiger partial charge in [-0.15, -0.1) is 21.5 Å². The zero-order valence-corrected chi connectivity index (χ0v) is 23.4. The van der Waals surface area contributed by atoms with Gasteiger partial charge in [0, 0.05) is 5.69 Å². The van der Waals surface area contributed by atoms with Crippen molar-refractivity contribution in [2.75, 3.05) is 18.6 Å². The molecule has 5 aromatic rings. The molecule has 41 heavy (non-hydrogen) atoms. The van der Waals surface area contributed by atoms with Gasteiger partial charge in [0.2, 0.25) is 0 Å². The molecule has 3 heterocycles. The number of benzene rings is 2. The summed E-state index contributed by atoms with van der Waals surface area (Å²) in [5.74, 6) is -1.34. The summed E-state index contributed by atoms with van der Waals surface area (Å²) in [7, 11) is 1.14. The third kappa shape index (κ3) is 5.76. The Labute approximate surface area is 241 Å². The fourth-order valence-electron chi connectivity index (χ4n) is 4.17. The van der Waals surface area contributed by atoms with Crippen molar-refractivity contribution < 1.29 is 14.3 Å². The Morgan fingerprint density at radius 2 is 1.66 bits per heavy atom. The highest BCUT2D eigenvalue weighted by molar-refractivity contribution is 7.99. The van der Waals surface area contributed by atoms with Gasteiger partial charge in [0.05, 0.1) is 24.3 Å². The number of Topliss-reactive ketones (excluding diaryl/α,β-unsaturated/α-hetero) is 1. The van der Waals surface area contributed by atoms with Gasteiger partial charge < -0.3 is 10.5 Å². The predicted molar refractivity (Wildman–Crippen MR) is 157 cm³/mol. The highest BCUT2D eigenvalue weighted by Crippen LogP contribution is 2.30. The zero-order valence-electron chi connectivity index (χ0n) is 21.8. The van der Waals surface area contributed by atoms with E-state index in [1.165, 1.54) is 11.3 Å². The second kappa shape index (κ2) is 12.2. The Hall–Kier alpha value is -4.75. The molecule has 0 aliphatic heterocycles. The Balaban J connectivity index is 1.53. The first-order valence-corrected chi connectivity index (χ1v) is 14.2. The van der Waals surface area contributed by atoms with Gasteiger partial charge in [-0.3, -0.25) is 23.5 Å². The second-order valence-corrected chi connectivity index (χ2v) is 10.6. The van der Waals surface area contributed by atoms with Gasteiger partial charge in [-0.1, -0.05) is 66.4 Å². The third-order valence-corrected chi connectivity index (χ3v) is 7.96. The molecule has 0 radical (unpaired) electrons. The van der Waals surface area contributed by atoms with Crippen LogP contribution in [0.3, 0.4) is 0 Å². The lowest BCUT2D eigenvalue weighted by molar-refractivity contribution is -0.141.